The number of hydrogen-bond donors (Lipinski definition) is 0. The van der Waals surface area contributed by atoms with Crippen LogP contribution in [0.15, 0.2) is 51.4 Å². The van der Waals surface area contributed by atoms with Gasteiger partial charge in [-0.15, -0.1) is 0 Å². The van der Waals surface area contributed by atoms with Gasteiger partial charge in [-0.25, -0.2) is 0 Å². The first kappa shape index (κ1) is 17.2. The third-order valence-corrected chi connectivity index (χ3v) is 4.08. The SMILES string of the molecule is N#CC=Cc1cc(Br)c(OCc2ccc([N+](=O)[O-])cc2)c(Br)c1. The van der Waals surface area contributed by atoms with Crippen LogP contribution < -0.4 is 4.74 Å². The van der Waals surface area contributed by atoms with Crippen LogP contribution in [0.3, 0.4) is 0 Å². The molecule has 0 aliphatic rings. The summed E-state index contributed by atoms with van der Waals surface area (Å²) in [6.45, 7) is 0.280. The van der Waals surface area contributed by atoms with Crippen LogP contribution >= 0.6 is 31.9 Å². The minimum Gasteiger partial charge on any atom is -0.487 e. The molecule has 0 aromatic heterocycles. The third kappa shape index (κ3) is 4.65. The molecule has 0 saturated heterocycles. The summed E-state index contributed by atoms with van der Waals surface area (Å²) in [5, 5.41) is 19.2. The molecular weight excluding hydrogens is 428 g/mol. The van der Waals surface area contributed by atoms with Crippen molar-refractivity contribution in [1.82, 2.24) is 0 Å². The van der Waals surface area contributed by atoms with Gasteiger partial charge in [0.1, 0.15) is 12.4 Å². The Balaban J connectivity index is 2.13. The van der Waals surface area contributed by atoms with Crippen molar-refractivity contribution in [3.8, 4) is 11.8 Å². The predicted molar refractivity (Wildman–Crippen MR) is 93.9 cm³/mol. The molecule has 5 nitrogen and oxygen atoms in total. The summed E-state index contributed by atoms with van der Waals surface area (Å²) >= 11 is 6.87. The van der Waals surface area contributed by atoms with Gasteiger partial charge in [0, 0.05) is 18.2 Å². The van der Waals surface area contributed by atoms with Crippen molar-refractivity contribution in [3.05, 3.63) is 72.7 Å². The number of nitrogens with zero attached hydrogens (tertiary/aromatic N) is 2. The highest BCUT2D eigenvalue weighted by Crippen LogP contribution is 2.35. The van der Waals surface area contributed by atoms with Crippen LogP contribution in [0.1, 0.15) is 11.1 Å². The van der Waals surface area contributed by atoms with Crippen molar-refractivity contribution in [2.75, 3.05) is 0 Å². The molecule has 0 aliphatic heterocycles. The van der Waals surface area contributed by atoms with Gasteiger partial charge < -0.3 is 4.74 Å². The number of halogens is 2. The summed E-state index contributed by atoms with van der Waals surface area (Å²) in [5.41, 5.74) is 1.72. The van der Waals surface area contributed by atoms with Crippen LogP contribution in [0.25, 0.3) is 6.08 Å². The Hall–Kier alpha value is -2.17. The summed E-state index contributed by atoms with van der Waals surface area (Å²) in [6.07, 6.45) is 3.08. The van der Waals surface area contributed by atoms with Gasteiger partial charge in [-0.2, -0.15) is 5.26 Å². The van der Waals surface area contributed by atoms with E-state index in [9.17, 15) is 10.1 Å². The van der Waals surface area contributed by atoms with Crippen LogP contribution in [-0.2, 0) is 6.61 Å². The molecule has 0 bridgehead atoms. The number of benzene rings is 2. The summed E-state index contributed by atoms with van der Waals surface area (Å²) in [4.78, 5) is 10.2. The van der Waals surface area contributed by atoms with Gasteiger partial charge in [-0.05, 0) is 73.3 Å². The fourth-order valence-electron chi connectivity index (χ4n) is 1.82. The van der Waals surface area contributed by atoms with E-state index in [0.717, 1.165) is 20.1 Å². The van der Waals surface area contributed by atoms with Crippen LogP contribution in [0, 0.1) is 21.4 Å². The minimum absolute atomic E-state index is 0.0461. The van der Waals surface area contributed by atoms with Crippen molar-refractivity contribution >= 4 is 43.6 Å². The Morgan fingerprint density at radius 3 is 2.35 bits per heavy atom. The van der Waals surface area contributed by atoms with Gasteiger partial charge in [0.2, 0.25) is 0 Å². The fourth-order valence-corrected chi connectivity index (χ4v) is 3.27. The highest BCUT2D eigenvalue weighted by atomic mass is 79.9. The van der Waals surface area contributed by atoms with Crippen LogP contribution in [0.2, 0.25) is 0 Å². The molecule has 0 N–H and O–H groups in total. The summed E-state index contributed by atoms with van der Waals surface area (Å²) in [5.74, 6) is 0.623. The third-order valence-electron chi connectivity index (χ3n) is 2.90. The second-order valence-corrected chi connectivity index (χ2v) is 6.20. The molecule has 0 heterocycles. The Labute approximate surface area is 149 Å². The van der Waals surface area contributed by atoms with Crippen molar-refractivity contribution in [3.63, 3.8) is 0 Å². The molecule has 0 radical (unpaired) electrons. The molecule has 2 rings (SSSR count). The second kappa shape index (κ2) is 7.90. The topological polar surface area (TPSA) is 76.2 Å². The van der Waals surface area contributed by atoms with E-state index in [-0.39, 0.29) is 12.3 Å². The Bertz CT molecular complexity index is 773. The van der Waals surface area contributed by atoms with E-state index in [4.69, 9.17) is 10.00 Å². The van der Waals surface area contributed by atoms with Crippen LogP contribution in [0.4, 0.5) is 5.69 Å². The Morgan fingerprint density at radius 1 is 1.22 bits per heavy atom. The highest BCUT2D eigenvalue weighted by molar-refractivity contribution is 9.11. The average Bonchev–Trinajstić information content (AvgIpc) is 2.52. The first-order chi connectivity index (χ1) is 11.0. The maximum atomic E-state index is 10.6. The van der Waals surface area contributed by atoms with Gasteiger partial charge in [0.25, 0.3) is 5.69 Å². The van der Waals surface area contributed by atoms with E-state index in [2.05, 4.69) is 31.9 Å². The number of rotatable bonds is 5. The smallest absolute Gasteiger partial charge is 0.269 e. The van der Waals surface area contributed by atoms with E-state index in [1.54, 1.807) is 18.2 Å². The minimum atomic E-state index is -0.439. The summed E-state index contributed by atoms with van der Waals surface area (Å²) < 4.78 is 7.24. The van der Waals surface area contributed by atoms with E-state index in [1.807, 2.05) is 18.2 Å². The summed E-state index contributed by atoms with van der Waals surface area (Å²) in [6, 6.07) is 11.8. The number of allylic oxidation sites excluding steroid dienone is 1. The zero-order chi connectivity index (χ0) is 16.8. The van der Waals surface area contributed by atoms with E-state index in [1.165, 1.54) is 18.2 Å². The Morgan fingerprint density at radius 2 is 1.83 bits per heavy atom. The molecule has 2 aromatic carbocycles. The lowest BCUT2D eigenvalue weighted by Gasteiger charge is -2.11. The van der Waals surface area contributed by atoms with Gasteiger partial charge in [-0.1, -0.05) is 0 Å². The van der Waals surface area contributed by atoms with E-state index >= 15 is 0 Å². The fraction of sp³-hybridized carbons (Fsp3) is 0.0625. The zero-order valence-corrected chi connectivity index (χ0v) is 14.9. The van der Waals surface area contributed by atoms with E-state index in [0.29, 0.717) is 5.75 Å². The highest BCUT2D eigenvalue weighted by Gasteiger charge is 2.09. The average molecular weight is 438 g/mol. The van der Waals surface area contributed by atoms with Crippen LogP contribution in [0.5, 0.6) is 5.75 Å². The molecule has 0 spiro atoms. The number of nitro groups is 1. The number of nitro benzene ring substituents is 1. The largest absolute Gasteiger partial charge is 0.487 e. The number of ether oxygens (including phenoxy) is 1. The molecule has 2 aromatic rings. The van der Waals surface area contributed by atoms with Gasteiger partial charge in [0.05, 0.1) is 19.9 Å². The van der Waals surface area contributed by atoms with Crippen molar-refractivity contribution in [2.24, 2.45) is 0 Å². The standard InChI is InChI=1S/C16H10Br2N2O3/c17-14-8-12(2-1-7-19)9-15(18)16(14)23-10-11-3-5-13(6-4-11)20(21)22/h1-6,8-9H,10H2. The van der Waals surface area contributed by atoms with Gasteiger partial charge in [0.15, 0.2) is 0 Å². The maximum absolute atomic E-state index is 10.6. The van der Waals surface area contributed by atoms with Crippen molar-refractivity contribution < 1.29 is 9.66 Å². The molecule has 0 saturated carbocycles. The quantitative estimate of drug-likeness (QED) is 0.364. The first-order valence-electron chi connectivity index (χ1n) is 6.42. The maximum Gasteiger partial charge on any atom is 0.269 e. The lowest BCUT2D eigenvalue weighted by molar-refractivity contribution is -0.384. The molecule has 7 heteroatoms. The van der Waals surface area contributed by atoms with Crippen molar-refractivity contribution in [1.29, 1.82) is 5.26 Å². The molecule has 0 unspecified atom stereocenters. The van der Waals surface area contributed by atoms with Gasteiger partial charge >= 0.3 is 0 Å². The molecule has 0 amide bonds. The molecule has 23 heavy (non-hydrogen) atoms. The number of nitriles is 1. The lowest BCUT2D eigenvalue weighted by atomic mass is 10.2. The molecule has 0 aliphatic carbocycles. The zero-order valence-electron chi connectivity index (χ0n) is 11.7. The number of non-ortho nitro benzene ring substituents is 1. The molecule has 0 fully saturated rings. The van der Waals surface area contributed by atoms with E-state index < -0.39 is 4.92 Å². The lowest BCUT2D eigenvalue weighted by Crippen LogP contribution is -1.98. The monoisotopic (exact) mass is 436 g/mol. The normalized spacial score (nSPS) is 10.5. The molecule has 0 atom stereocenters. The molecular formula is C16H10Br2N2O3. The second-order valence-electron chi connectivity index (χ2n) is 4.49. The van der Waals surface area contributed by atoms with Crippen molar-refractivity contribution in [2.45, 2.75) is 6.61 Å². The predicted octanol–water partition coefficient (Wildman–Crippen LogP) is 5.24. The number of hydrogen-bond acceptors (Lipinski definition) is 4. The van der Waals surface area contributed by atoms with Crippen LogP contribution in [-0.4, -0.2) is 4.92 Å². The summed E-state index contributed by atoms with van der Waals surface area (Å²) in [7, 11) is 0. The molecule has 116 valence electrons. The Kier molecular flexibility index (Phi) is 5.90. The van der Waals surface area contributed by atoms with Gasteiger partial charge in [-0.3, -0.25) is 10.1 Å². The first-order valence-corrected chi connectivity index (χ1v) is 8.01.